The van der Waals surface area contributed by atoms with Gasteiger partial charge in [-0.25, -0.2) is 4.68 Å². The first kappa shape index (κ1) is 26.9. The van der Waals surface area contributed by atoms with Gasteiger partial charge in [-0.05, 0) is 97.0 Å². The number of carbonyl (C=O) groups excluding carboxylic acids is 1. The summed E-state index contributed by atoms with van der Waals surface area (Å²) in [5.74, 6) is 0.0810. The lowest BCUT2D eigenvalue weighted by molar-refractivity contribution is -0.121. The molecule has 3 aromatic carbocycles. The van der Waals surface area contributed by atoms with Gasteiger partial charge in [0.1, 0.15) is 0 Å². The zero-order valence-electron chi connectivity index (χ0n) is 21.6. The fraction of sp³-hybridized carbons (Fsp3) is 0.219. The van der Waals surface area contributed by atoms with Gasteiger partial charge in [-0.15, -0.1) is 0 Å². The number of amides is 1. The maximum Gasteiger partial charge on any atom is 0.220 e. The minimum atomic E-state index is 0.0810. The van der Waals surface area contributed by atoms with E-state index in [4.69, 9.17) is 28.3 Å². The number of hydrogen-bond donors (Lipinski definition) is 1. The third kappa shape index (κ3) is 7.25. The van der Waals surface area contributed by atoms with E-state index < -0.39 is 0 Å². The lowest BCUT2D eigenvalue weighted by atomic mass is 10.1. The number of rotatable bonds is 11. The molecule has 0 atom stereocenters. The molecule has 39 heavy (non-hydrogen) atoms. The average molecular weight is 558 g/mol. The molecule has 0 fully saturated rings. The number of unbranched alkanes of at least 4 members (excludes halogenated alkanes) is 1. The van der Waals surface area contributed by atoms with Crippen molar-refractivity contribution >= 4 is 39.9 Å². The molecule has 5 nitrogen and oxygen atoms in total. The van der Waals surface area contributed by atoms with Crippen LogP contribution >= 0.6 is 23.2 Å². The van der Waals surface area contributed by atoms with Gasteiger partial charge in [-0.2, -0.15) is 5.10 Å². The second-order valence-corrected chi connectivity index (χ2v) is 10.5. The number of benzene rings is 3. The molecule has 2 aromatic heterocycles. The summed E-state index contributed by atoms with van der Waals surface area (Å²) in [6.45, 7) is 0.693. The van der Waals surface area contributed by atoms with E-state index in [0.717, 1.165) is 53.7 Å². The molecular weight excluding hydrogens is 527 g/mol. The van der Waals surface area contributed by atoms with E-state index in [1.54, 1.807) is 6.07 Å². The highest BCUT2D eigenvalue weighted by molar-refractivity contribution is 6.35. The Bertz CT molecular complexity index is 1550. The van der Waals surface area contributed by atoms with Crippen molar-refractivity contribution in [3.63, 3.8) is 0 Å². The molecule has 0 aliphatic carbocycles. The number of halogens is 2. The van der Waals surface area contributed by atoms with Crippen molar-refractivity contribution in [3.8, 4) is 16.9 Å². The van der Waals surface area contributed by atoms with Crippen molar-refractivity contribution in [1.82, 2.24) is 20.1 Å². The molecule has 5 aromatic rings. The van der Waals surface area contributed by atoms with E-state index in [0.29, 0.717) is 29.4 Å². The molecule has 0 saturated carbocycles. The Morgan fingerprint density at radius 2 is 1.56 bits per heavy atom. The fourth-order valence-corrected chi connectivity index (χ4v) is 5.25. The zero-order chi connectivity index (χ0) is 27.0. The van der Waals surface area contributed by atoms with Crippen molar-refractivity contribution in [3.05, 3.63) is 113 Å². The lowest BCUT2D eigenvalue weighted by Crippen LogP contribution is -2.24. The smallest absolute Gasteiger partial charge is 0.220 e. The topological polar surface area (TPSA) is 59.8 Å². The molecule has 0 bridgehead atoms. The fourth-order valence-electron chi connectivity index (χ4n) is 4.72. The Morgan fingerprint density at radius 3 is 2.36 bits per heavy atom. The molecule has 198 valence electrons. The van der Waals surface area contributed by atoms with E-state index in [1.807, 2.05) is 53.5 Å². The van der Waals surface area contributed by atoms with Gasteiger partial charge in [0, 0.05) is 46.7 Å². The third-order valence-corrected chi connectivity index (χ3v) is 7.16. The molecule has 7 heteroatoms. The van der Waals surface area contributed by atoms with Crippen LogP contribution < -0.4 is 5.32 Å². The number of nitrogens with one attached hydrogen (secondary N) is 1. The summed E-state index contributed by atoms with van der Waals surface area (Å²) in [7, 11) is 0. The summed E-state index contributed by atoms with van der Waals surface area (Å²) in [6, 6.07) is 26.2. The average Bonchev–Trinajstić information content (AvgIpc) is 3.37. The van der Waals surface area contributed by atoms with Crippen LogP contribution in [-0.4, -0.2) is 27.2 Å². The number of hydrogen-bond acceptors (Lipinski definition) is 3. The third-order valence-electron chi connectivity index (χ3n) is 6.72. The normalized spacial score (nSPS) is 11.1. The standard InChI is InChI=1S/C32H30Cl2N4O/c33-27-18-26(19-28(34)21-27)31-22-29(38(37-31)30-12-11-24-7-1-2-8-25(24)20-30)9-5-10-32(39)36-15-4-3-6-23-13-16-35-17-14-23/h1-2,7-8,11-14,16-22H,3-6,9-10,15H2,(H,36,39). The molecule has 0 spiro atoms. The lowest BCUT2D eigenvalue weighted by Gasteiger charge is -2.09. The highest BCUT2D eigenvalue weighted by Crippen LogP contribution is 2.29. The summed E-state index contributed by atoms with van der Waals surface area (Å²) >= 11 is 12.5. The Morgan fingerprint density at radius 1 is 0.795 bits per heavy atom. The first-order valence-electron chi connectivity index (χ1n) is 13.3. The van der Waals surface area contributed by atoms with Gasteiger partial charge < -0.3 is 5.32 Å². The highest BCUT2D eigenvalue weighted by atomic mass is 35.5. The first-order valence-corrected chi connectivity index (χ1v) is 14.0. The second-order valence-electron chi connectivity index (χ2n) is 9.64. The van der Waals surface area contributed by atoms with E-state index in [2.05, 4.69) is 46.7 Å². The van der Waals surface area contributed by atoms with Crippen molar-refractivity contribution in [2.24, 2.45) is 0 Å². The molecule has 0 aliphatic heterocycles. The van der Waals surface area contributed by atoms with Gasteiger partial charge in [0.25, 0.3) is 0 Å². The largest absolute Gasteiger partial charge is 0.356 e. The molecule has 2 heterocycles. The predicted octanol–water partition coefficient (Wildman–Crippen LogP) is 7.86. The SMILES string of the molecule is O=C(CCCc1cc(-c2cc(Cl)cc(Cl)c2)nn1-c1ccc2ccccc2c1)NCCCCc1ccncc1. The second kappa shape index (κ2) is 12.9. The number of fused-ring (bicyclic) bond motifs is 1. The number of aryl methyl sites for hydroxylation is 2. The Labute approximate surface area is 238 Å². The van der Waals surface area contributed by atoms with Crippen LogP contribution in [0.5, 0.6) is 0 Å². The van der Waals surface area contributed by atoms with Crippen LogP contribution in [0.2, 0.25) is 10.0 Å². The number of nitrogens with zero attached hydrogens (tertiary/aromatic N) is 3. The van der Waals surface area contributed by atoms with Gasteiger partial charge in [-0.3, -0.25) is 9.78 Å². The number of aromatic nitrogens is 3. The van der Waals surface area contributed by atoms with E-state index in [9.17, 15) is 4.79 Å². The monoisotopic (exact) mass is 556 g/mol. The number of carbonyl (C=O) groups is 1. The molecule has 0 radical (unpaired) electrons. The van der Waals surface area contributed by atoms with Gasteiger partial charge in [0.05, 0.1) is 11.4 Å². The van der Waals surface area contributed by atoms with Crippen LogP contribution in [0.3, 0.4) is 0 Å². The van der Waals surface area contributed by atoms with E-state index in [-0.39, 0.29) is 5.91 Å². The van der Waals surface area contributed by atoms with Gasteiger partial charge in [0.15, 0.2) is 0 Å². The maximum atomic E-state index is 12.5. The Hall–Kier alpha value is -3.67. The van der Waals surface area contributed by atoms with Crippen LogP contribution in [-0.2, 0) is 17.6 Å². The molecule has 0 aliphatic rings. The number of pyridine rings is 1. The van der Waals surface area contributed by atoms with Crippen LogP contribution in [0.1, 0.15) is 36.9 Å². The van der Waals surface area contributed by atoms with Crippen LogP contribution in [0.15, 0.2) is 91.3 Å². The summed E-state index contributed by atoms with van der Waals surface area (Å²) in [4.78, 5) is 16.5. The van der Waals surface area contributed by atoms with Gasteiger partial charge >= 0.3 is 0 Å². The predicted molar refractivity (Wildman–Crippen MR) is 160 cm³/mol. The van der Waals surface area contributed by atoms with E-state index >= 15 is 0 Å². The Kier molecular flexibility index (Phi) is 8.92. The van der Waals surface area contributed by atoms with Gasteiger partial charge in [-0.1, -0.05) is 53.5 Å². The van der Waals surface area contributed by atoms with Crippen molar-refractivity contribution in [2.45, 2.75) is 38.5 Å². The van der Waals surface area contributed by atoms with Crippen molar-refractivity contribution in [2.75, 3.05) is 6.54 Å². The minimum absolute atomic E-state index is 0.0810. The zero-order valence-corrected chi connectivity index (χ0v) is 23.1. The first-order chi connectivity index (χ1) is 19.0. The molecule has 0 unspecified atom stereocenters. The quantitative estimate of drug-likeness (QED) is 0.168. The summed E-state index contributed by atoms with van der Waals surface area (Å²) in [5, 5.41) is 11.4. The molecule has 0 saturated heterocycles. The molecule has 5 rings (SSSR count). The van der Waals surface area contributed by atoms with Crippen molar-refractivity contribution < 1.29 is 4.79 Å². The minimum Gasteiger partial charge on any atom is -0.356 e. The van der Waals surface area contributed by atoms with Crippen LogP contribution in [0.25, 0.3) is 27.7 Å². The van der Waals surface area contributed by atoms with Crippen molar-refractivity contribution in [1.29, 1.82) is 0 Å². The summed E-state index contributed by atoms with van der Waals surface area (Å²) in [6.07, 6.45) is 8.51. The molecule has 1 amide bonds. The highest BCUT2D eigenvalue weighted by Gasteiger charge is 2.14. The maximum absolute atomic E-state index is 12.5. The summed E-state index contributed by atoms with van der Waals surface area (Å²) in [5.41, 5.74) is 4.93. The van der Waals surface area contributed by atoms with Gasteiger partial charge in [0.2, 0.25) is 5.91 Å². The Balaban J connectivity index is 1.24. The molecular formula is C32H30Cl2N4O. The molecule has 1 N–H and O–H groups in total. The van der Waals surface area contributed by atoms with Crippen LogP contribution in [0.4, 0.5) is 0 Å². The van der Waals surface area contributed by atoms with Crippen LogP contribution in [0, 0.1) is 0 Å². The summed E-state index contributed by atoms with van der Waals surface area (Å²) < 4.78 is 1.97. The van der Waals surface area contributed by atoms with E-state index in [1.165, 1.54) is 10.9 Å².